The second-order valence-corrected chi connectivity index (χ2v) is 11.7. The maximum absolute atomic E-state index is 13.6. The van der Waals surface area contributed by atoms with Gasteiger partial charge in [0.25, 0.3) is 0 Å². The van der Waals surface area contributed by atoms with E-state index in [1.807, 2.05) is 30.3 Å². The molecule has 2 N–H and O–H groups in total. The lowest BCUT2D eigenvalue weighted by Gasteiger charge is -2.39. The Hall–Kier alpha value is -3.77. The third-order valence-electron chi connectivity index (χ3n) is 8.50. The van der Waals surface area contributed by atoms with Crippen LogP contribution in [0.25, 0.3) is 10.8 Å². The second-order valence-electron chi connectivity index (χ2n) is 11.7. The fourth-order valence-electron chi connectivity index (χ4n) is 6.02. The largest absolute Gasteiger partial charge is 0.496 e. The molecule has 1 heterocycles. The first-order valence-electron chi connectivity index (χ1n) is 16.3. The molecule has 0 saturated carbocycles. The Labute approximate surface area is 281 Å². The lowest BCUT2D eigenvalue weighted by atomic mass is 9.85. The molecule has 0 amide bonds. The number of nitrogens with one attached hydrogen (secondary N) is 1. The van der Waals surface area contributed by atoms with E-state index >= 15 is 0 Å². The average molecular weight is 664 g/mol. The molecule has 1 saturated heterocycles. The van der Waals surface area contributed by atoms with Crippen LogP contribution in [-0.4, -0.2) is 77.8 Å². The minimum atomic E-state index is -0.874. The van der Waals surface area contributed by atoms with Crippen LogP contribution in [0, 0.1) is 5.82 Å². The first-order valence-corrected chi connectivity index (χ1v) is 16.3. The normalized spacial score (nSPS) is 18.5. The standard InChI is InChI=1S/C38H46FNO8/c1-42-33-14-11-30(39)21-29(33)25-45-16-6-17-46-31-12-9-27(10-13-31)38-35(47-18-15-37(41)44-3)22-40-23-36(38)48-24-26-19-28-7-4-5-8-32(28)34(20-26)43-2/h4-5,7-14,19-21,35-38,40-41H,6,15-18,22-25H2,1-3H3. The van der Waals surface area contributed by atoms with Crippen molar-refractivity contribution < 1.29 is 42.7 Å². The highest BCUT2D eigenvalue weighted by atomic mass is 19.1. The summed E-state index contributed by atoms with van der Waals surface area (Å²) >= 11 is 0. The quantitative estimate of drug-likeness (QED) is 0.0983. The van der Waals surface area contributed by atoms with Crippen molar-refractivity contribution in [2.75, 3.05) is 54.2 Å². The van der Waals surface area contributed by atoms with Crippen molar-refractivity contribution in [3.05, 3.63) is 101 Å². The number of piperidine rings is 1. The lowest BCUT2D eigenvalue weighted by molar-refractivity contribution is -0.107. The maximum atomic E-state index is 13.6. The van der Waals surface area contributed by atoms with Gasteiger partial charge in [-0.1, -0.05) is 36.4 Å². The van der Waals surface area contributed by atoms with Crippen molar-refractivity contribution in [2.24, 2.45) is 0 Å². The van der Waals surface area contributed by atoms with E-state index in [0.29, 0.717) is 63.7 Å². The topological polar surface area (TPSA) is 96.9 Å². The van der Waals surface area contributed by atoms with E-state index in [-0.39, 0.29) is 30.5 Å². The number of aliphatic hydroxyl groups excluding tert-OH is 1. The van der Waals surface area contributed by atoms with Gasteiger partial charge in [0.05, 0.1) is 59.5 Å². The van der Waals surface area contributed by atoms with E-state index < -0.39 is 6.29 Å². The van der Waals surface area contributed by atoms with Gasteiger partial charge in [-0.2, -0.15) is 0 Å². The van der Waals surface area contributed by atoms with Crippen molar-refractivity contribution in [1.29, 1.82) is 0 Å². The molecule has 9 nitrogen and oxygen atoms in total. The summed E-state index contributed by atoms with van der Waals surface area (Å²) in [6, 6.07) is 24.8. The molecule has 10 heteroatoms. The molecule has 1 aliphatic heterocycles. The van der Waals surface area contributed by atoms with Gasteiger partial charge in [-0.15, -0.1) is 0 Å². The Bertz CT molecular complexity index is 1570. The molecule has 4 aromatic carbocycles. The fourth-order valence-corrected chi connectivity index (χ4v) is 6.02. The van der Waals surface area contributed by atoms with Crippen LogP contribution >= 0.6 is 0 Å². The number of fused-ring (bicyclic) bond motifs is 1. The van der Waals surface area contributed by atoms with Gasteiger partial charge in [0, 0.05) is 49.9 Å². The molecule has 5 rings (SSSR count). The van der Waals surface area contributed by atoms with Crippen LogP contribution in [0.15, 0.2) is 78.9 Å². The molecule has 4 unspecified atom stereocenters. The van der Waals surface area contributed by atoms with Crippen molar-refractivity contribution in [2.45, 2.75) is 50.5 Å². The fraction of sp³-hybridized carbons (Fsp3) is 0.421. The summed E-state index contributed by atoms with van der Waals surface area (Å²) in [7, 11) is 4.71. The molecule has 1 fully saturated rings. The Balaban J connectivity index is 1.20. The maximum Gasteiger partial charge on any atom is 0.156 e. The lowest BCUT2D eigenvalue weighted by Crippen LogP contribution is -2.50. The Morgan fingerprint density at radius 1 is 0.812 bits per heavy atom. The van der Waals surface area contributed by atoms with Gasteiger partial charge in [0.15, 0.2) is 6.29 Å². The van der Waals surface area contributed by atoms with Crippen molar-refractivity contribution >= 4 is 10.8 Å². The zero-order valence-corrected chi connectivity index (χ0v) is 27.9. The highest BCUT2D eigenvalue weighted by molar-refractivity contribution is 5.89. The predicted molar refractivity (Wildman–Crippen MR) is 181 cm³/mol. The van der Waals surface area contributed by atoms with E-state index in [1.165, 1.54) is 19.2 Å². The van der Waals surface area contributed by atoms with Crippen molar-refractivity contribution in [3.63, 3.8) is 0 Å². The summed E-state index contributed by atoms with van der Waals surface area (Å²) in [6.45, 7) is 3.27. The molecular formula is C38H46FNO8. The molecule has 1 aliphatic rings. The number of rotatable bonds is 18. The molecule has 0 aliphatic carbocycles. The smallest absolute Gasteiger partial charge is 0.156 e. The molecule has 48 heavy (non-hydrogen) atoms. The van der Waals surface area contributed by atoms with Crippen LogP contribution in [0.5, 0.6) is 17.2 Å². The summed E-state index contributed by atoms with van der Waals surface area (Å²) in [4.78, 5) is 0. The SMILES string of the molecule is COc1ccc(F)cc1COCCCOc1ccc(C2C(OCCC(O)OC)CNCC2OCc2cc(OC)c3ccccc3c2)cc1. The third-order valence-corrected chi connectivity index (χ3v) is 8.50. The molecule has 4 aromatic rings. The first kappa shape index (κ1) is 35.5. The number of aliphatic hydroxyl groups is 1. The number of hydrogen-bond donors (Lipinski definition) is 2. The molecule has 258 valence electrons. The Morgan fingerprint density at radius 3 is 2.35 bits per heavy atom. The Morgan fingerprint density at radius 2 is 1.58 bits per heavy atom. The number of benzene rings is 4. The van der Waals surface area contributed by atoms with Crippen molar-refractivity contribution in [1.82, 2.24) is 5.32 Å². The minimum Gasteiger partial charge on any atom is -0.496 e. The zero-order chi connectivity index (χ0) is 33.7. The third kappa shape index (κ3) is 9.65. The van der Waals surface area contributed by atoms with Gasteiger partial charge < -0.3 is 43.6 Å². The Kier molecular flexibility index (Phi) is 13.4. The molecule has 0 bridgehead atoms. The highest BCUT2D eigenvalue weighted by Gasteiger charge is 2.36. The molecule has 0 radical (unpaired) electrons. The van der Waals surface area contributed by atoms with E-state index in [1.54, 1.807) is 20.3 Å². The van der Waals surface area contributed by atoms with Gasteiger partial charge in [-0.3, -0.25) is 0 Å². The number of hydrogen-bond acceptors (Lipinski definition) is 9. The van der Waals surface area contributed by atoms with Crippen LogP contribution in [0.1, 0.15) is 35.4 Å². The second kappa shape index (κ2) is 18.1. The summed E-state index contributed by atoms with van der Waals surface area (Å²) in [6.07, 6.45) is -0.185. The monoisotopic (exact) mass is 663 g/mol. The molecule has 4 atom stereocenters. The van der Waals surface area contributed by atoms with E-state index in [9.17, 15) is 9.50 Å². The minimum absolute atomic E-state index is 0.0597. The number of methoxy groups -OCH3 is 3. The van der Waals surface area contributed by atoms with Crippen LogP contribution in [-0.2, 0) is 32.2 Å². The van der Waals surface area contributed by atoms with E-state index in [0.717, 1.165) is 33.4 Å². The van der Waals surface area contributed by atoms with Crippen LogP contribution in [0.2, 0.25) is 0 Å². The van der Waals surface area contributed by atoms with Crippen LogP contribution in [0.3, 0.4) is 0 Å². The highest BCUT2D eigenvalue weighted by Crippen LogP contribution is 2.33. The summed E-state index contributed by atoms with van der Waals surface area (Å²) in [5, 5.41) is 15.5. The average Bonchev–Trinajstić information content (AvgIpc) is 3.12. The van der Waals surface area contributed by atoms with Gasteiger partial charge in [-0.25, -0.2) is 4.39 Å². The predicted octanol–water partition coefficient (Wildman–Crippen LogP) is 5.99. The van der Waals surface area contributed by atoms with Gasteiger partial charge in [-0.05, 0) is 59.0 Å². The molecular weight excluding hydrogens is 617 g/mol. The first-order chi connectivity index (χ1) is 23.5. The number of ether oxygens (including phenoxy) is 7. The van der Waals surface area contributed by atoms with E-state index in [4.69, 9.17) is 33.2 Å². The summed E-state index contributed by atoms with van der Waals surface area (Å²) < 4.78 is 54.2. The van der Waals surface area contributed by atoms with Crippen molar-refractivity contribution in [3.8, 4) is 17.2 Å². The number of halogens is 1. The zero-order valence-electron chi connectivity index (χ0n) is 27.9. The summed E-state index contributed by atoms with van der Waals surface area (Å²) in [5.74, 6) is 1.79. The van der Waals surface area contributed by atoms with Crippen LogP contribution < -0.4 is 19.5 Å². The van der Waals surface area contributed by atoms with Gasteiger partial charge in [0.2, 0.25) is 0 Å². The molecule has 0 aromatic heterocycles. The van der Waals surface area contributed by atoms with Gasteiger partial charge >= 0.3 is 0 Å². The van der Waals surface area contributed by atoms with E-state index in [2.05, 4.69) is 35.6 Å². The van der Waals surface area contributed by atoms with Gasteiger partial charge in [0.1, 0.15) is 23.1 Å². The summed E-state index contributed by atoms with van der Waals surface area (Å²) in [5.41, 5.74) is 2.77. The molecule has 0 spiro atoms. The van der Waals surface area contributed by atoms with Crippen LogP contribution in [0.4, 0.5) is 4.39 Å².